The number of amides is 2. The number of ether oxygens (including phenoxy) is 1. The van der Waals surface area contributed by atoms with Crippen molar-refractivity contribution in [1.29, 1.82) is 0 Å². The molecule has 168 valence electrons. The molecule has 2 aromatic heterocycles. The van der Waals surface area contributed by atoms with E-state index >= 15 is 0 Å². The fourth-order valence-corrected chi connectivity index (χ4v) is 5.93. The molecule has 0 radical (unpaired) electrons. The minimum Gasteiger partial charge on any atom is -0.377 e. The smallest absolute Gasteiger partial charge is 0.321 e. The number of piperazine rings is 1. The van der Waals surface area contributed by atoms with Crippen molar-refractivity contribution in [3.05, 3.63) is 46.1 Å². The summed E-state index contributed by atoms with van der Waals surface area (Å²) in [5.41, 5.74) is 3.41. The molecule has 2 amide bonds. The lowest BCUT2D eigenvalue weighted by Gasteiger charge is -2.36. The van der Waals surface area contributed by atoms with Crippen LogP contribution in [0.15, 0.2) is 24.3 Å². The van der Waals surface area contributed by atoms with Crippen LogP contribution >= 0.6 is 11.3 Å². The van der Waals surface area contributed by atoms with Crippen molar-refractivity contribution in [2.24, 2.45) is 0 Å². The molecule has 1 aliphatic carbocycles. The quantitative estimate of drug-likeness (QED) is 0.638. The number of hydrogen-bond donors (Lipinski definition) is 1. The van der Waals surface area contributed by atoms with E-state index in [4.69, 9.17) is 14.7 Å². The second-order valence-electron chi connectivity index (χ2n) is 8.56. The highest BCUT2D eigenvalue weighted by Gasteiger charge is 2.27. The number of nitrogens with zero attached hydrogens (tertiary/aromatic N) is 4. The third-order valence-corrected chi connectivity index (χ3v) is 7.44. The van der Waals surface area contributed by atoms with Crippen molar-refractivity contribution in [2.45, 2.75) is 39.2 Å². The monoisotopic (exact) mass is 451 g/mol. The molecule has 0 bridgehead atoms. The summed E-state index contributed by atoms with van der Waals surface area (Å²) >= 11 is 1.82. The molecule has 2 aliphatic rings. The number of urea groups is 1. The van der Waals surface area contributed by atoms with E-state index in [1.54, 1.807) is 7.11 Å². The average molecular weight is 452 g/mol. The molecule has 0 spiro atoms. The Hall–Kier alpha value is -2.71. The van der Waals surface area contributed by atoms with Crippen LogP contribution in [0.25, 0.3) is 10.2 Å². The van der Waals surface area contributed by atoms with E-state index in [0.29, 0.717) is 19.7 Å². The molecule has 3 heterocycles. The molecule has 1 aliphatic heterocycles. The molecule has 1 aromatic carbocycles. The van der Waals surface area contributed by atoms with Gasteiger partial charge in [0.1, 0.15) is 17.3 Å². The lowest BCUT2D eigenvalue weighted by Crippen LogP contribution is -2.50. The zero-order chi connectivity index (χ0) is 22.1. The van der Waals surface area contributed by atoms with Gasteiger partial charge in [0.25, 0.3) is 0 Å². The van der Waals surface area contributed by atoms with Crippen LogP contribution in [0.5, 0.6) is 0 Å². The molecule has 1 N–H and O–H groups in total. The van der Waals surface area contributed by atoms with Gasteiger partial charge in [-0.1, -0.05) is 12.1 Å². The predicted octanol–water partition coefficient (Wildman–Crippen LogP) is 4.38. The number of fused-ring (bicyclic) bond motifs is 3. The van der Waals surface area contributed by atoms with E-state index in [2.05, 4.69) is 10.2 Å². The summed E-state index contributed by atoms with van der Waals surface area (Å²) in [5.74, 6) is 1.74. The zero-order valence-corrected chi connectivity index (χ0v) is 19.5. The summed E-state index contributed by atoms with van der Waals surface area (Å²) in [5, 5.41) is 4.25. The minimum absolute atomic E-state index is 0.0453. The van der Waals surface area contributed by atoms with Gasteiger partial charge in [0.05, 0.1) is 5.39 Å². The number of nitrogens with one attached hydrogen (secondary N) is 1. The van der Waals surface area contributed by atoms with Gasteiger partial charge in [-0.15, -0.1) is 11.3 Å². The first-order valence-corrected chi connectivity index (χ1v) is 12.1. The molecule has 0 unspecified atom stereocenters. The van der Waals surface area contributed by atoms with E-state index in [1.165, 1.54) is 28.7 Å². The van der Waals surface area contributed by atoms with Crippen molar-refractivity contribution in [1.82, 2.24) is 14.9 Å². The summed E-state index contributed by atoms with van der Waals surface area (Å²) in [6.07, 6.45) is 4.73. The molecule has 0 atom stereocenters. The van der Waals surface area contributed by atoms with Crippen molar-refractivity contribution < 1.29 is 9.53 Å². The molecular formula is C24H29N5O2S. The number of aryl methyl sites for hydroxylation is 3. The van der Waals surface area contributed by atoms with E-state index in [0.717, 1.165) is 53.7 Å². The molecule has 7 nitrogen and oxygen atoms in total. The van der Waals surface area contributed by atoms with Gasteiger partial charge < -0.3 is 19.9 Å². The van der Waals surface area contributed by atoms with Crippen molar-refractivity contribution in [3.8, 4) is 0 Å². The number of anilines is 2. The van der Waals surface area contributed by atoms with Gasteiger partial charge in [-0.2, -0.15) is 0 Å². The fraction of sp³-hybridized carbons (Fsp3) is 0.458. The molecule has 0 saturated carbocycles. The largest absolute Gasteiger partial charge is 0.377 e. The van der Waals surface area contributed by atoms with Crippen LogP contribution in [0.3, 0.4) is 0 Å². The number of hydrogen-bond acceptors (Lipinski definition) is 6. The summed E-state index contributed by atoms with van der Waals surface area (Å²) in [7, 11) is 1.68. The topological polar surface area (TPSA) is 70.6 Å². The Labute approximate surface area is 192 Å². The van der Waals surface area contributed by atoms with Gasteiger partial charge >= 0.3 is 6.03 Å². The van der Waals surface area contributed by atoms with Crippen LogP contribution in [0.2, 0.25) is 0 Å². The summed E-state index contributed by atoms with van der Waals surface area (Å²) < 4.78 is 5.33. The molecule has 8 heteroatoms. The van der Waals surface area contributed by atoms with Gasteiger partial charge in [0.15, 0.2) is 5.82 Å². The summed E-state index contributed by atoms with van der Waals surface area (Å²) in [6, 6.07) is 7.86. The minimum atomic E-state index is -0.0453. The van der Waals surface area contributed by atoms with Gasteiger partial charge in [0, 0.05) is 43.9 Å². The molecule has 5 rings (SSSR count). The average Bonchev–Trinajstić information content (AvgIpc) is 3.17. The van der Waals surface area contributed by atoms with Crippen molar-refractivity contribution in [2.75, 3.05) is 43.5 Å². The molecule has 32 heavy (non-hydrogen) atoms. The number of benzene rings is 1. The summed E-state index contributed by atoms with van der Waals surface area (Å²) in [4.78, 5) is 29.3. The lowest BCUT2D eigenvalue weighted by atomic mass is 9.97. The van der Waals surface area contributed by atoms with E-state index in [1.807, 2.05) is 47.4 Å². The highest BCUT2D eigenvalue weighted by atomic mass is 32.1. The first-order valence-electron chi connectivity index (χ1n) is 11.3. The van der Waals surface area contributed by atoms with Crippen LogP contribution in [-0.2, 0) is 24.2 Å². The Morgan fingerprint density at radius 1 is 1.16 bits per heavy atom. The van der Waals surface area contributed by atoms with E-state index in [9.17, 15) is 4.79 Å². The fourth-order valence-electron chi connectivity index (χ4n) is 4.65. The Balaban J connectivity index is 1.36. The normalized spacial score (nSPS) is 16.3. The Bertz CT molecular complexity index is 1140. The van der Waals surface area contributed by atoms with Gasteiger partial charge in [-0.3, -0.25) is 0 Å². The van der Waals surface area contributed by atoms with Crippen LogP contribution < -0.4 is 10.2 Å². The number of methoxy groups -OCH3 is 1. The highest BCUT2D eigenvalue weighted by Crippen LogP contribution is 2.40. The van der Waals surface area contributed by atoms with Crippen LogP contribution in [0.4, 0.5) is 16.3 Å². The maximum absolute atomic E-state index is 12.8. The van der Waals surface area contributed by atoms with Gasteiger partial charge in [-0.05, 0) is 55.9 Å². The van der Waals surface area contributed by atoms with Gasteiger partial charge in [0.2, 0.25) is 0 Å². The van der Waals surface area contributed by atoms with E-state index < -0.39 is 0 Å². The number of aromatic nitrogens is 2. The highest BCUT2D eigenvalue weighted by molar-refractivity contribution is 7.19. The second kappa shape index (κ2) is 9.03. The molecular weight excluding hydrogens is 422 g/mol. The predicted molar refractivity (Wildman–Crippen MR) is 129 cm³/mol. The second-order valence-corrected chi connectivity index (χ2v) is 9.64. The number of carbonyl (C=O) groups excluding carboxylic acids is 1. The molecule has 1 fully saturated rings. The Morgan fingerprint density at radius 2 is 1.97 bits per heavy atom. The first-order chi connectivity index (χ1) is 15.6. The third kappa shape index (κ3) is 4.17. The van der Waals surface area contributed by atoms with Crippen LogP contribution in [0, 0.1) is 6.92 Å². The number of thiophene rings is 1. The van der Waals surface area contributed by atoms with Crippen molar-refractivity contribution in [3.63, 3.8) is 0 Å². The summed E-state index contributed by atoms with van der Waals surface area (Å²) in [6.45, 7) is 5.27. The zero-order valence-electron chi connectivity index (χ0n) is 18.7. The maximum Gasteiger partial charge on any atom is 0.321 e. The maximum atomic E-state index is 12.8. The Kier molecular flexibility index (Phi) is 5.97. The number of rotatable bonds is 4. The Morgan fingerprint density at radius 3 is 2.75 bits per heavy atom. The molecule has 3 aromatic rings. The van der Waals surface area contributed by atoms with Crippen molar-refractivity contribution >= 4 is 39.1 Å². The van der Waals surface area contributed by atoms with E-state index in [-0.39, 0.29) is 6.03 Å². The standard InChI is InChI=1S/C24H29N5O2S/c1-16-6-5-7-17(14-16)25-24(30)29-12-10-28(11-13-29)22-21-18-8-3-4-9-19(18)32-23(21)27-20(26-22)15-31-2/h5-7,14H,3-4,8-13,15H2,1-2H3,(H,25,30). The first kappa shape index (κ1) is 21.2. The molecule has 1 saturated heterocycles. The third-order valence-electron chi connectivity index (χ3n) is 6.25. The lowest BCUT2D eigenvalue weighted by molar-refractivity contribution is 0.178. The SMILES string of the molecule is COCc1nc(N2CCN(C(=O)Nc3cccc(C)c3)CC2)c2c3c(sc2n1)CCCC3. The van der Waals surface area contributed by atoms with Crippen LogP contribution in [-0.4, -0.2) is 54.2 Å². The van der Waals surface area contributed by atoms with Crippen LogP contribution in [0.1, 0.15) is 34.7 Å². The number of carbonyl (C=O) groups is 1. The van der Waals surface area contributed by atoms with Gasteiger partial charge in [-0.25, -0.2) is 14.8 Å².